The van der Waals surface area contributed by atoms with Gasteiger partial charge in [0.05, 0.1) is 5.92 Å². The fourth-order valence-electron chi connectivity index (χ4n) is 3.88. The van der Waals surface area contributed by atoms with Gasteiger partial charge in [-0.2, -0.15) is 0 Å². The summed E-state index contributed by atoms with van der Waals surface area (Å²) in [7, 11) is 0. The Bertz CT molecular complexity index is 310. The minimum Gasteiger partial charge on any atom is -0.353 e. The maximum absolute atomic E-state index is 12.1. The van der Waals surface area contributed by atoms with Gasteiger partial charge in [0.25, 0.3) is 0 Å². The fraction of sp³-hybridized carbons (Fsp3) is 0.933. The molecule has 3 aliphatic rings. The van der Waals surface area contributed by atoms with E-state index in [1.165, 1.54) is 38.8 Å². The number of likely N-dealkylation sites (tertiary alicyclic amines) is 1. The van der Waals surface area contributed by atoms with Gasteiger partial charge in [0.2, 0.25) is 5.91 Å². The molecule has 3 rings (SSSR count). The second kappa shape index (κ2) is 9.19. The van der Waals surface area contributed by atoms with Gasteiger partial charge in [-0.1, -0.05) is 12.8 Å². The van der Waals surface area contributed by atoms with Crippen LogP contribution >= 0.6 is 24.8 Å². The Hall–Kier alpha value is -0.0300. The van der Waals surface area contributed by atoms with Crippen LogP contribution < -0.4 is 10.6 Å². The van der Waals surface area contributed by atoms with E-state index in [2.05, 4.69) is 15.5 Å². The van der Waals surface area contributed by atoms with E-state index in [1.54, 1.807) is 0 Å². The SMILES string of the molecule is Cl.Cl.O=C(NC1CCN(C2CCCC2)CC1)C1CCNC1. The number of hydrogen-bond acceptors (Lipinski definition) is 3. The number of halogens is 2. The van der Waals surface area contributed by atoms with Crippen LogP contribution in [0.15, 0.2) is 0 Å². The molecule has 4 nitrogen and oxygen atoms in total. The molecule has 0 aromatic carbocycles. The van der Waals surface area contributed by atoms with Crippen molar-refractivity contribution < 1.29 is 4.79 Å². The van der Waals surface area contributed by atoms with Crippen LogP contribution in [-0.4, -0.2) is 49.1 Å². The summed E-state index contributed by atoms with van der Waals surface area (Å²) in [6, 6.07) is 1.27. The summed E-state index contributed by atoms with van der Waals surface area (Å²) in [6.07, 6.45) is 8.90. The van der Waals surface area contributed by atoms with Crippen molar-refractivity contribution in [1.29, 1.82) is 0 Å². The Morgan fingerprint density at radius 1 is 1.00 bits per heavy atom. The topological polar surface area (TPSA) is 44.4 Å². The minimum atomic E-state index is 0. The van der Waals surface area contributed by atoms with Crippen molar-refractivity contribution in [2.75, 3.05) is 26.2 Å². The molecule has 124 valence electrons. The summed E-state index contributed by atoms with van der Waals surface area (Å²) >= 11 is 0. The van der Waals surface area contributed by atoms with Gasteiger partial charge in [0.15, 0.2) is 0 Å². The third-order valence-corrected chi connectivity index (χ3v) is 5.15. The molecule has 0 spiro atoms. The molecule has 2 aliphatic heterocycles. The van der Waals surface area contributed by atoms with Gasteiger partial charge in [-0.25, -0.2) is 0 Å². The molecule has 1 saturated carbocycles. The lowest BCUT2D eigenvalue weighted by Crippen LogP contribution is -2.48. The highest BCUT2D eigenvalue weighted by atomic mass is 35.5. The van der Waals surface area contributed by atoms with Crippen molar-refractivity contribution in [3.05, 3.63) is 0 Å². The summed E-state index contributed by atoms with van der Waals surface area (Å²) in [4.78, 5) is 14.7. The summed E-state index contributed by atoms with van der Waals surface area (Å²) < 4.78 is 0. The highest BCUT2D eigenvalue weighted by Crippen LogP contribution is 2.26. The van der Waals surface area contributed by atoms with E-state index in [1.807, 2.05) is 0 Å². The third kappa shape index (κ3) is 4.98. The maximum atomic E-state index is 12.1. The van der Waals surface area contributed by atoms with Crippen molar-refractivity contribution in [3.63, 3.8) is 0 Å². The first-order valence-electron chi connectivity index (χ1n) is 8.08. The molecule has 1 aliphatic carbocycles. The van der Waals surface area contributed by atoms with Crippen LogP contribution in [0.25, 0.3) is 0 Å². The average Bonchev–Trinajstić information content (AvgIpc) is 3.13. The molecule has 1 amide bonds. The molecule has 2 saturated heterocycles. The molecule has 2 N–H and O–H groups in total. The molecule has 6 heteroatoms. The second-order valence-electron chi connectivity index (χ2n) is 6.45. The van der Waals surface area contributed by atoms with E-state index in [0.29, 0.717) is 6.04 Å². The number of carbonyl (C=O) groups is 1. The van der Waals surface area contributed by atoms with E-state index in [9.17, 15) is 4.79 Å². The molecule has 0 bridgehead atoms. The minimum absolute atomic E-state index is 0. The molecule has 1 unspecified atom stereocenters. The van der Waals surface area contributed by atoms with Gasteiger partial charge in [0.1, 0.15) is 0 Å². The van der Waals surface area contributed by atoms with Crippen LogP contribution in [0.4, 0.5) is 0 Å². The molecule has 0 radical (unpaired) electrons. The van der Waals surface area contributed by atoms with E-state index >= 15 is 0 Å². The highest BCUT2D eigenvalue weighted by Gasteiger charge is 2.29. The zero-order chi connectivity index (χ0) is 13.1. The standard InChI is InChI=1S/C15H27N3O.2ClH/c19-15(12-5-8-16-11-12)17-13-6-9-18(10-7-13)14-3-1-2-4-14;;/h12-14,16H,1-11H2,(H,17,19);2*1H. The second-order valence-corrected chi connectivity index (χ2v) is 6.45. The summed E-state index contributed by atoms with van der Waals surface area (Å²) in [5.74, 6) is 0.497. The predicted molar refractivity (Wildman–Crippen MR) is 90.5 cm³/mol. The zero-order valence-electron chi connectivity index (χ0n) is 12.7. The number of carbonyl (C=O) groups excluding carboxylic acids is 1. The monoisotopic (exact) mass is 337 g/mol. The number of hydrogen-bond donors (Lipinski definition) is 2. The largest absolute Gasteiger partial charge is 0.353 e. The predicted octanol–water partition coefficient (Wildman–Crippen LogP) is 1.96. The van der Waals surface area contributed by atoms with Gasteiger partial charge in [-0.3, -0.25) is 4.79 Å². The van der Waals surface area contributed by atoms with Crippen LogP contribution in [-0.2, 0) is 4.79 Å². The van der Waals surface area contributed by atoms with Crippen molar-refractivity contribution in [3.8, 4) is 0 Å². The van der Waals surface area contributed by atoms with Gasteiger partial charge in [0, 0.05) is 31.7 Å². The summed E-state index contributed by atoms with van der Waals surface area (Å²) in [6.45, 7) is 4.22. The molecule has 21 heavy (non-hydrogen) atoms. The van der Waals surface area contributed by atoms with Crippen molar-refractivity contribution >= 4 is 30.7 Å². The fourth-order valence-corrected chi connectivity index (χ4v) is 3.88. The lowest BCUT2D eigenvalue weighted by atomic mass is 10.0. The van der Waals surface area contributed by atoms with E-state index in [0.717, 1.165) is 38.4 Å². The van der Waals surface area contributed by atoms with Crippen LogP contribution in [0, 0.1) is 5.92 Å². The molecule has 0 aromatic heterocycles. The van der Waals surface area contributed by atoms with Crippen molar-refractivity contribution in [2.45, 2.75) is 57.0 Å². The Balaban J connectivity index is 0.00000110. The molecular formula is C15H29Cl2N3O. The van der Waals surface area contributed by atoms with Crippen LogP contribution in [0.1, 0.15) is 44.9 Å². The molecule has 2 heterocycles. The Kier molecular flexibility index (Phi) is 8.32. The molecule has 3 fully saturated rings. The van der Waals surface area contributed by atoms with Gasteiger partial charge >= 0.3 is 0 Å². The van der Waals surface area contributed by atoms with Gasteiger partial charge < -0.3 is 15.5 Å². The van der Waals surface area contributed by atoms with Crippen LogP contribution in [0.5, 0.6) is 0 Å². The molecular weight excluding hydrogens is 309 g/mol. The van der Waals surface area contributed by atoms with E-state index in [4.69, 9.17) is 0 Å². The number of nitrogens with one attached hydrogen (secondary N) is 2. The van der Waals surface area contributed by atoms with Crippen molar-refractivity contribution in [2.24, 2.45) is 5.92 Å². The molecule has 1 atom stereocenters. The number of piperidine rings is 1. The first kappa shape index (κ1) is 19.0. The van der Waals surface area contributed by atoms with Crippen LogP contribution in [0.2, 0.25) is 0 Å². The first-order chi connectivity index (χ1) is 9.33. The average molecular weight is 338 g/mol. The normalized spacial score (nSPS) is 27.9. The number of amides is 1. The van der Waals surface area contributed by atoms with Gasteiger partial charge in [-0.15, -0.1) is 24.8 Å². The zero-order valence-corrected chi connectivity index (χ0v) is 14.3. The number of rotatable bonds is 3. The van der Waals surface area contributed by atoms with Crippen molar-refractivity contribution in [1.82, 2.24) is 15.5 Å². The lowest BCUT2D eigenvalue weighted by molar-refractivity contribution is -0.125. The first-order valence-corrected chi connectivity index (χ1v) is 8.08. The van der Waals surface area contributed by atoms with Crippen LogP contribution in [0.3, 0.4) is 0 Å². The Morgan fingerprint density at radius 3 is 2.24 bits per heavy atom. The number of nitrogens with zero attached hydrogens (tertiary/aromatic N) is 1. The summed E-state index contributed by atoms with van der Waals surface area (Å²) in [5.41, 5.74) is 0. The smallest absolute Gasteiger partial charge is 0.224 e. The Labute approximate surface area is 140 Å². The summed E-state index contributed by atoms with van der Waals surface area (Å²) in [5, 5.41) is 6.53. The maximum Gasteiger partial charge on any atom is 0.224 e. The molecule has 0 aromatic rings. The third-order valence-electron chi connectivity index (χ3n) is 5.15. The quantitative estimate of drug-likeness (QED) is 0.827. The van der Waals surface area contributed by atoms with E-state index < -0.39 is 0 Å². The van der Waals surface area contributed by atoms with Gasteiger partial charge in [-0.05, 0) is 38.6 Å². The van der Waals surface area contributed by atoms with E-state index in [-0.39, 0.29) is 36.6 Å². The lowest BCUT2D eigenvalue weighted by Gasteiger charge is -2.36. The Morgan fingerprint density at radius 2 is 1.67 bits per heavy atom. The highest BCUT2D eigenvalue weighted by molar-refractivity contribution is 5.85.